The summed E-state index contributed by atoms with van der Waals surface area (Å²) in [4.78, 5) is 7.34. The van der Waals surface area contributed by atoms with E-state index in [9.17, 15) is 5.11 Å². The van der Waals surface area contributed by atoms with Crippen LogP contribution >= 0.6 is 0 Å². The Labute approximate surface area is 115 Å². The molecule has 1 saturated heterocycles. The van der Waals surface area contributed by atoms with Crippen LogP contribution in [0.5, 0.6) is 0 Å². The van der Waals surface area contributed by atoms with Gasteiger partial charge >= 0.3 is 0 Å². The van der Waals surface area contributed by atoms with Crippen LogP contribution in [0.4, 0.5) is 0 Å². The van der Waals surface area contributed by atoms with Crippen LogP contribution in [0, 0.1) is 0 Å². The normalized spacial score (nSPS) is 24.4. The molecule has 0 spiro atoms. The van der Waals surface area contributed by atoms with Crippen molar-refractivity contribution in [2.24, 2.45) is 0 Å². The number of aromatic nitrogens is 2. The van der Waals surface area contributed by atoms with Crippen molar-refractivity contribution in [3.05, 3.63) is 17.2 Å². The standard InChI is InChI=1S/C15H25N3O/c1-17-8-4-5-12(11-17)15-16-13(7-10-19)14-6-2-3-9-18(14)15/h12,19H,2-11H2,1H3. The Kier molecular flexibility index (Phi) is 3.89. The number of hydrogen-bond acceptors (Lipinski definition) is 3. The van der Waals surface area contributed by atoms with Gasteiger partial charge in [0.15, 0.2) is 0 Å². The van der Waals surface area contributed by atoms with E-state index in [0.29, 0.717) is 5.92 Å². The number of aliphatic hydroxyl groups excluding tert-OH is 1. The number of nitrogens with zero attached hydrogens (tertiary/aromatic N) is 3. The molecule has 0 bridgehead atoms. The smallest absolute Gasteiger partial charge is 0.113 e. The number of imidazole rings is 1. The third-order valence-corrected chi connectivity index (χ3v) is 4.57. The molecule has 106 valence electrons. The highest BCUT2D eigenvalue weighted by molar-refractivity contribution is 5.22. The fourth-order valence-corrected chi connectivity index (χ4v) is 3.64. The van der Waals surface area contributed by atoms with Gasteiger partial charge in [-0.15, -0.1) is 0 Å². The first-order valence-electron chi connectivity index (χ1n) is 7.67. The number of piperidine rings is 1. The predicted molar refractivity (Wildman–Crippen MR) is 75.4 cm³/mol. The number of aliphatic hydroxyl groups is 1. The molecule has 0 amide bonds. The van der Waals surface area contributed by atoms with Gasteiger partial charge in [0.2, 0.25) is 0 Å². The molecule has 0 aliphatic carbocycles. The second-order valence-electron chi connectivity index (χ2n) is 6.05. The summed E-state index contributed by atoms with van der Waals surface area (Å²) >= 11 is 0. The lowest BCUT2D eigenvalue weighted by Gasteiger charge is -2.30. The molecular weight excluding hydrogens is 238 g/mol. The molecule has 1 N–H and O–H groups in total. The van der Waals surface area contributed by atoms with Crippen LogP contribution in [-0.2, 0) is 19.4 Å². The van der Waals surface area contributed by atoms with Gasteiger partial charge in [0, 0.05) is 37.7 Å². The van der Waals surface area contributed by atoms with Crippen molar-refractivity contribution in [1.82, 2.24) is 14.5 Å². The van der Waals surface area contributed by atoms with Crippen molar-refractivity contribution in [2.75, 3.05) is 26.7 Å². The molecular formula is C15H25N3O. The maximum absolute atomic E-state index is 9.23. The van der Waals surface area contributed by atoms with Gasteiger partial charge in [-0.2, -0.15) is 0 Å². The van der Waals surface area contributed by atoms with Crippen molar-refractivity contribution in [1.29, 1.82) is 0 Å². The maximum atomic E-state index is 9.23. The minimum atomic E-state index is 0.216. The van der Waals surface area contributed by atoms with Crippen molar-refractivity contribution >= 4 is 0 Å². The van der Waals surface area contributed by atoms with Crippen molar-refractivity contribution in [3.8, 4) is 0 Å². The Balaban J connectivity index is 1.91. The first kappa shape index (κ1) is 13.1. The zero-order valence-corrected chi connectivity index (χ0v) is 11.9. The number of hydrogen-bond donors (Lipinski definition) is 1. The molecule has 1 aromatic heterocycles. The quantitative estimate of drug-likeness (QED) is 0.900. The van der Waals surface area contributed by atoms with Crippen LogP contribution in [0.3, 0.4) is 0 Å². The van der Waals surface area contributed by atoms with Crippen molar-refractivity contribution < 1.29 is 5.11 Å². The van der Waals surface area contributed by atoms with Crippen LogP contribution in [0.25, 0.3) is 0 Å². The molecule has 0 aromatic carbocycles. The molecule has 0 radical (unpaired) electrons. The minimum absolute atomic E-state index is 0.216. The van der Waals surface area contributed by atoms with E-state index in [4.69, 9.17) is 4.98 Å². The second-order valence-corrected chi connectivity index (χ2v) is 6.05. The molecule has 4 heteroatoms. The highest BCUT2D eigenvalue weighted by Crippen LogP contribution is 2.30. The SMILES string of the molecule is CN1CCCC(c2nc(CCO)c3n2CCCC3)C1. The predicted octanol–water partition coefficient (Wildman–Crippen LogP) is 1.56. The molecule has 1 aromatic rings. The summed E-state index contributed by atoms with van der Waals surface area (Å²) in [7, 11) is 2.21. The molecule has 2 aliphatic rings. The highest BCUT2D eigenvalue weighted by Gasteiger charge is 2.27. The second kappa shape index (κ2) is 5.63. The monoisotopic (exact) mass is 263 g/mol. The molecule has 3 rings (SSSR count). The maximum Gasteiger partial charge on any atom is 0.113 e. The van der Waals surface area contributed by atoms with Gasteiger partial charge in [-0.1, -0.05) is 0 Å². The van der Waals surface area contributed by atoms with Gasteiger partial charge < -0.3 is 14.6 Å². The van der Waals surface area contributed by atoms with E-state index in [-0.39, 0.29) is 6.61 Å². The van der Waals surface area contributed by atoms with E-state index in [1.807, 2.05) is 0 Å². The van der Waals surface area contributed by atoms with Gasteiger partial charge in [0.05, 0.1) is 5.69 Å². The Bertz CT molecular complexity index is 441. The van der Waals surface area contributed by atoms with Crippen LogP contribution < -0.4 is 0 Å². The lowest BCUT2D eigenvalue weighted by Crippen LogP contribution is -2.32. The van der Waals surface area contributed by atoms with Crippen LogP contribution in [0.15, 0.2) is 0 Å². The molecule has 0 saturated carbocycles. The fraction of sp³-hybridized carbons (Fsp3) is 0.800. The van der Waals surface area contributed by atoms with Gasteiger partial charge in [0.1, 0.15) is 5.82 Å². The first-order valence-corrected chi connectivity index (χ1v) is 7.67. The average molecular weight is 263 g/mol. The van der Waals surface area contributed by atoms with Crippen molar-refractivity contribution in [3.63, 3.8) is 0 Å². The summed E-state index contributed by atoms with van der Waals surface area (Å²) in [5.74, 6) is 1.88. The third kappa shape index (κ3) is 2.56. The Morgan fingerprint density at radius 1 is 1.26 bits per heavy atom. The van der Waals surface area contributed by atoms with E-state index in [1.54, 1.807) is 0 Å². The number of fused-ring (bicyclic) bond motifs is 1. The van der Waals surface area contributed by atoms with Gasteiger partial charge in [-0.25, -0.2) is 4.98 Å². The minimum Gasteiger partial charge on any atom is -0.396 e. The molecule has 4 nitrogen and oxygen atoms in total. The Morgan fingerprint density at radius 3 is 2.95 bits per heavy atom. The Hall–Kier alpha value is -0.870. The summed E-state index contributed by atoms with van der Waals surface area (Å²) < 4.78 is 2.47. The third-order valence-electron chi connectivity index (χ3n) is 4.57. The Morgan fingerprint density at radius 2 is 2.16 bits per heavy atom. The first-order chi connectivity index (χ1) is 9.29. The van der Waals surface area contributed by atoms with Gasteiger partial charge in [-0.05, 0) is 45.7 Å². The fourth-order valence-electron chi connectivity index (χ4n) is 3.64. The number of likely N-dealkylation sites (tertiary alicyclic amines) is 1. The van der Waals surface area contributed by atoms with Crippen molar-refractivity contribution in [2.45, 2.75) is 51.0 Å². The molecule has 1 fully saturated rings. The summed E-state index contributed by atoms with van der Waals surface area (Å²) in [5.41, 5.74) is 2.56. The van der Waals surface area contributed by atoms with Crippen LogP contribution in [0.1, 0.15) is 48.8 Å². The lowest BCUT2D eigenvalue weighted by atomic mass is 9.97. The summed E-state index contributed by atoms with van der Waals surface area (Å²) in [6, 6.07) is 0. The van der Waals surface area contributed by atoms with E-state index < -0.39 is 0 Å². The van der Waals surface area contributed by atoms with Crippen LogP contribution in [-0.4, -0.2) is 46.3 Å². The van der Waals surface area contributed by atoms with E-state index in [2.05, 4.69) is 16.5 Å². The summed E-state index contributed by atoms with van der Waals surface area (Å²) in [5, 5.41) is 9.23. The van der Waals surface area contributed by atoms with E-state index in [1.165, 1.54) is 43.7 Å². The highest BCUT2D eigenvalue weighted by atomic mass is 16.3. The zero-order valence-electron chi connectivity index (χ0n) is 11.9. The molecule has 2 aliphatic heterocycles. The topological polar surface area (TPSA) is 41.3 Å². The molecule has 19 heavy (non-hydrogen) atoms. The lowest BCUT2D eigenvalue weighted by molar-refractivity contribution is 0.241. The average Bonchev–Trinajstić information content (AvgIpc) is 2.79. The van der Waals surface area contributed by atoms with E-state index >= 15 is 0 Å². The van der Waals surface area contributed by atoms with Gasteiger partial charge in [-0.3, -0.25) is 0 Å². The number of rotatable bonds is 3. The zero-order chi connectivity index (χ0) is 13.2. The molecule has 3 heterocycles. The number of likely N-dealkylation sites (N-methyl/N-ethyl adjacent to an activating group) is 1. The summed E-state index contributed by atoms with van der Waals surface area (Å²) in [6.45, 7) is 3.69. The van der Waals surface area contributed by atoms with E-state index in [0.717, 1.165) is 31.6 Å². The molecule has 1 unspecified atom stereocenters. The largest absolute Gasteiger partial charge is 0.396 e. The molecule has 1 atom stereocenters. The van der Waals surface area contributed by atoms with Gasteiger partial charge in [0.25, 0.3) is 0 Å². The van der Waals surface area contributed by atoms with Crippen LogP contribution in [0.2, 0.25) is 0 Å². The summed E-state index contributed by atoms with van der Waals surface area (Å²) in [6.07, 6.45) is 6.95.